The Balaban J connectivity index is 2.49. The summed E-state index contributed by atoms with van der Waals surface area (Å²) in [5.74, 6) is -1.20. The molecule has 6 nitrogen and oxygen atoms in total. The van der Waals surface area contributed by atoms with E-state index in [9.17, 15) is 9.90 Å². The summed E-state index contributed by atoms with van der Waals surface area (Å²) in [6, 6.07) is 9.05. The maximum absolute atomic E-state index is 11.6. The van der Waals surface area contributed by atoms with Gasteiger partial charge in [-0.25, -0.2) is 14.8 Å². The van der Waals surface area contributed by atoms with Gasteiger partial charge in [0.15, 0.2) is 5.54 Å². The number of hydrogen-bond acceptors (Lipinski definition) is 5. The van der Waals surface area contributed by atoms with Crippen molar-refractivity contribution in [1.29, 1.82) is 0 Å². The first kappa shape index (κ1) is 13.1. The van der Waals surface area contributed by atoms with Crippen LogP contribution in [0.5, 0.6) is 0 Å². The standard InChI is InChI=1S/C13H14N4O2/c14-11(10-6-7-16-8-17-10)13(15,12(18)19)9-4-2-1-3-5-9/h1-8,11H,14-15H2,(H,18,19). The summed E-state index contributed by atoms with van der Waals surface area (Å²) in [5, 5.41) is 9.47. The fourth-order valence-electron chi connectivity index (χ4n) is 1.87. The van der Waals surface area contributed by atoms with Crippen molar-refractivity contribution < 1.29 is 9.90 Å². The van der Waals surface area contributed by atoms with Gasteiger partial charge in [0.1, 0.15) is 6.33 Å². The average Bonchev–Trinajstić information content (AvgIpc) is 2.47. The molecule has 0 bridgehead atoms. The number of carboxylic acids is 1. The minimum Gasteiger partial charge on any atom is -0.480 e. The average molecular weight is 258 g/mol. The van der Waals surface area contributed by atoms with Gasteiger partial charge >= 0.3 is 5.97 Å². The maximum atomic E-state index is 11.6. The largest absolute Gasteiger partial charge is 0.480 e. The molecule has 0 aliphatic heterocycles. The molecule has 1 aromatic heterocycles. The highest BCUT2D eigenvalue weighted by atomic mass is 16.4. The number of rotatable bonds is 4. The van der Waals surface area contributed by atoms with Crippen LogP contribution in [0.15, 0.2) is 48.9 Å². The highest BCUT2D eigenvalue weighted by Gasteiger charge is 2.43. The lowest BCUT2D eigenvalue weighted by atomic mass is 9.82. The Labute approximate surface area is 110 Å². The van der Waals surface area contributed by atoms with Crippen LogP contribution in [0.4, 0.5) is 0 Å². The summed E-state index contributed by atoms with van der Waals surface area (Å²) in [6.45, 7) is 0. The molecule has 2 rings (SSSR count). The summed E-state index contributed by atoms with van der Waals surface area (Å²) in [5.41, 5.74) is 11.1. The van der Waals surface area contributed by atoms with E-state index in [4.69, 9.17) is 11.5 Å². The van der Waals surface area contributed by atoms with Gasteiger partial charge in [0.05, 0.1) is 11.7 Å². The van der Waals surface area contributed by atoms with Crippen LogP contribution >= 0.6 is 0 Å². The molecule has 1 heterocycles. The van der Waals surface area contributed by atoms with Crippen molar-refractivity contribution in [3.05, 3.63) is 60.2 Å². The van der Waals surface area contributed by atoms with Gasteiger partial charge in [0, 0.05) is 6.20 Å². The van der Waals surface area contributed by atoms with Crippen LogP contribution in [0.3, 0.4) is 0 Å². The minimum absolute atomic E-state index is 0.378. The lowest BCUT2D eigenvalue weighted by Gasteiger charge is -2.31. The van der Waals surface area contributed by atoms with Crippen molar-refractivity contribution in [1.82, 2.24) is 9.97 Å². The van der Waals surface area contributed by atoms with Crippen LogP contribution in [0, 0.1) is 0 Å². The van der Waals surface area contributed by atoms with Crippen molar-refractivity contribution in [2.24, 2.45) is 11.5 Å². The van der Waals surface area contributed by atoms with Gasteiger partial charge in [-0.15, -0.1) is 0 Å². The third kappa shape index (κ3) is 2.31. The van der Waals surface area contributed by atoms with Crippen molar-refractivity contribution in [3.63, 3.8) is 0 Å². The van der Waals surface area contributed by atoms with Crippen LogP contribution in [-0.2, 0) is 10.3 Å². The smallest absolute Gasteiger partial charge is 0.330 e. The summed E-state index contributed by atoms with van der Waals surface area (Å²) in [6.07, 6.45) is 2.80. The van der Waals surface area contributed by atoms with Gasteiger partial charge in [0.25, 0.3) is 0 Å². The van der Waals surface area contributed by atoms with Crippen molar-refractivity contribution >= 4 is 5.97 Å². The minimum atomic E-state index is -1.74. The van der Waals surface area contributed by atoms with Crippen LogP contribution < -0.4 is 11.5 Å². The van der Waals surface area contributed by atoms with Gasteiger partial charge < -0.3 is 16.6 Å². The van der Waals surface area contributed by atoms with E-state index in [1.165, 1.54) is 12.5 Å². The van der Waals surface area contributed by atoms with Crippen molar-refractivity contribution in [3.8, 4) is 0 Å². The van der Waals surface area contributed by atoms with Crippen LogP contribution in [0.1, 0.15) is 17.3 Å². The molecule has 2 atom stereocenters. The fourth-order valence-corrected chi connectivity index (χ4v) is 1.87. The number of carbonyl (C=O) groups is 1. The van der Waals surface area contributed by atoms with Crippen LogP contribution in [-0.4, -0.2) is 21.0 Å². The Morgan fingerprint density at radius 1 is 1.26 bits per heavy atom. The number of carboxylic acid groups (broad SMARTS) is 1. The molecule has 0 amide bonds. The molecule has 0 radical (unpaired) electrons. The molecule has 0 fully saturated rings. The Morgan fingerprint density at radius 3 is 2.47 bits per heavy atom. The number of aromatic nitrogens is 2. The Hall–Kier alpha value is -2.31. The van der Waals surface area contributed by atoms with E-state index in [1.807, 2.05) is 0 Å². The molecule has 0 saturated heterocycles. The van der Waals surface area contributed by atoms with Gasteiger partial charge in [-0.1, -0.05) is 30.3 Å². The first-order chi connectivity index (χ1) is 9.06. The second-order valence-corrected chi connectivity index (χ2v) is 4.15. The molecular formula is C13H14N4O2. The molecule has 2 unspecified atom stereocenters. The third-order valence-corrected chi connectivity index (χ3v) is 3.02. The summed E-state index contributed by atoms with van der Waals surface area (Å²) in [4.78, 5) is 19.3. The molecule has 2 aromatic rings. The Kier molecular flexibility index (Phi) is 3.55. The highest BCUT2D eigenvalue weighted by molar-refractivity contribution is 5.81. The quantitative estimate of drug-likeness (QED) is 0.731. The van der Waals surface area contributed by atoms with E-state index in [2.05, 4.69) is 9.97 Å². The first-order valence-electron chi connectivity index (χ1n) is 5.66. The van der Waals surface area contributed by atoms with E-state index in [0.29, 0.717) is 11.3 Å². The zero-order valence-electron chi connectivity index (χ0n) is 10.1. The van der Waals surface area contributed by atoms with Crippen molar-refractivity contribution in [2.45, 2.75) is 11.6 Å². The van der Waals surface area contributed by atoms with E-state index in [1.54, 1.807) is 36.4 Å². The summed E-state index contributed by atoms with van der Waals surface area (Å²) >= 11 is 0. The molecule has 6 heteroatoms. The second kappa shape index (κ2) is 5.13. The lowest BCUT2D eigenvalue weighted by molar-refractivity contribution is -0.144. The van der Waals surface area contributed by atoms with E-state index in [0.717, 1.165) is 0 Å². The van der Waals surface area contributed by atoms with Crippen LogP contribution in [0.2, 0.25) is 0 Å². The summed E-state index contributed by atoms with van der Waals surface area (Å²) in [7, 11) is 0. The number of nitrogens with zero attached hydrogens (tertiary/aromatic N) is 2. The molecule has 19 heavy (non-hydrogen) atoms. The zero-order valence-corrected chi connectivity index (χ0v) is 10.1. The molecule has 0 aliphatic carbocycles. The van der Waals surface area contributed by atoms with Gasteiger partial charge in [-0.2, -0.15) is 0 Å². The van der Waals surface area contributed by atoms with E-state index in [-0.39, 0.29) is 0 Å². The van der Waals surface area contributed by atoms with Gasteiger partial charge in [-0.05, 0) is 11.6 Å². The molecule has 1 aromatic carbocycles. The van der Waals surface area contributed by atoms with Crippen molar-refractivity contribution in [2.75, 3.05) is 0 Å². The molecule has 0 aliphatic rings. The number of benzene rings is 1. The SMILES string of the molecule is NC(c1ccncn1)C(N)(C(=O)O)c1ccccc1. The molecular weight excluding hydrogens is 244 g/mol. The molecule has 0 saturated carbocycles. The maximum Gasteiger partial charge on any atom is 0.330 e. The number of hydrogen-bond donors (Lipinski definition) is 3. The summed E-state index contributed by atoms with van der Waals surface area (Å²) < 4.78 is 0. The van der Waals surface area contributed by atoms with E-state index < -0.39 is 17.6 Å². The predicted molar refractivity (Wildman–Crippen MR) is 68.9 cm³/mol. The lowest BCUT2D eigenvalue weighted by Crippen LogP contribution is -2.53. The Morgan fingerprint density at radius 2 is 1.95 bits per heavy atom. The van der Waals surface area contributed by atoms with Gasteiger partial charge in [0.2, 0.25) is 0 Å². The monoisotopic (exact) mass is 258 g/mol. The Bertz CT molecular complexity index is 561. The first-order valence-corrected chi connectivity index (χ1v) is 5.66. The number of aliphatic carboxylic acids is 1. The topological polar surface area (TPSA) is 115 Å². The molecule has 98 valence electrons. The molecule has 5 N–H and O–H groups in total. The van der Waals surface area contributed by atoms with E-state index >= 15 is 0 Å². The molecule has 0 spiro atoms. The highest BCUT2D eigenvalue weighted by Crippen LogP contribution is 2.30. The number of nitrogens with two attached hydrogens (primary N) is 2. The normalized spacial score (nSPS) is 15.5. The fraction of sp³-hybridized carbons (Fsp3) is 0.154. The second-order valence-electron chi connectivity index (χ2n) is 4.15. The zero-order chi connectivity index (χ0) is 13.9. The predicted octanol–water partition coefficient (Wildman–Crippen LogP) is 0.415. The van der Waals surface area contributed by atoms with Gasteiger partial charge in [-0.3, -0.25) is 0 Å². The third-order valence-electron chi connectivity index (χ3n) is 3.02. The van der Waals surface area contributed by atoms with Crippen LogP contribution in [0.25, 0.3) is 0 Å².